The highest BCUT2D eigenvalue weighted by atomic mass is 32.1. The van der Waals surface area contributed by atoms with E-state index < -0.39 is 5.92 Å². The molecule has 1 fully saturated rings. The molecule has 3 N–H and O–H groups in total. The van der Waals surface area contributed by atoms with Gasteiger partial charge in [0.25, 0.3) is 0 Å². The number of nitrogens with one attached hydrogen (secondary N) is 1. The third-order valence-corrected chi connectivity index (χ3v) is 3.95. The lowest BCUT2D eigenvalue weighted by Crippen LogP contribution is -2.48. The summed E-state index contributed by atoms with van der Waals surface area (Å²) in [5.74, 6) is 0.268. The van der Waals surface area contributed by atoms with Crippen LogP contribution in [0.25, 0.3) is 0 Å². The Bertz CT molecular complexity index is 454. The maximum atomic E-state index is 12.2. The van der Waals surface area contributed by atoms with Crippen molar-refractivity contribution < 1.29 is 4.79 Å². The van der Waals surface area contributed by atoms with Crippen LogP contribution in [0, 0.1) is 11.8 Å². The van der Waals surface area contributed by atoms with Crippen molar-refractivity contribution in [1.82, 2.24) is 5.32 Å². The smallest absolute Gasteiger partial charge is 0.230 e. The number of rotatable bonds is 5. The molecule has 1 amide bonds. The Labute approximate surface area is 119 Å². The van der Waals surface area contributed by atoms with Crippen LogP contribution in [0.5, 0.6) is 0 Å². The molecule has 1 aliphatic carbocycles. The topological polar surface area (TPSA) is 55.1 Å². The van der Waals surface area contributed by atoms with Crippen molar-refractivity contribution in [3.05, 3.63) is 35.9 Å². The SMILES string of the molecule is CC1CC(NC(=O)C(Cc2ccccc2)C(N)=S)C1. The fourth-order valence-corrected chi connectivity index (χ4v) is 2.68. The molecule has 0 radical (unpaired) electrons. The minimum absolute atomic E-state index is 0.0340. The van der Waals surface area contributed by atoms with Crippen LogP contribution >= 0.6 is 12.2 Å². The van der Waals surface area contributed by atoms with Gasteiger partial charge in [-0.15, -0.1) is 0 Å². The van der Waals surface area contributed by atoms with Crippen LogP contribution < -0.4 is 11.1 Å². The van der Waals surface area contributed by atoms with Gasteiger partial charge in [0.05, 0.1) is 10.9 Å². The number of benzene rings is 1. The summed E-state index contributed by atoms with van der Waals surface area (Å²) in [7, 11) is 0. The fraction of sp³-hybridized carbons (Fsp3) is 0.467. The molecule has 1 aromatic carbocycles. The molecule has 1 saturated carbocycles. The van der Waals surface area contributed by atoms with Crippen molar-refractivity contribution >= 4 is 23.1 Å². The van der Waals surface area contributed by atoms with Gasteiger partial charge < -0.3 is 11.1 Å². The van der Waals surface area contributed by atoms with E-state index in [-0.39, 0.29) is 10.9 Å². The maximum Gasteiger partial charge on any atom is 0.230 e. The van der Waals surface area contributed by atoms with Gasteiger partial charge in [-0.2, -0.15) is 0 Å². The van der Waals surface area contributed by atoms with E-state index in [1.54, 1.807) is 0 Å². The molecule has 19 heavy (non-hydrogen) atoms. The standard InChI is InChI=1S/C15H20N2OS/c1-10-7-12(8-10)17-15(18)13(14(16)19)9-11-5-3-2-4-6-11/h2-6,10,12-13H,7-9H2,1H3,(H2,16,19)(H,17,18). The van der Waals surface area contributed by atoms with Gasteiger partial charge >= 0.3 is 0 Å². The molecule has 3 nitrogen and oxygen atoms in total. The van der Waals surface area contributed by atoms with Gasteiger partial charge in [0.1, 0.15) is 0 Å². The van der Waals surface area contributed by atoms with E-state index in [2.05, 4.69) is 12.2 Å². The zero-order valence-corrected chi connectivity index (χ0v) is 12.0. The summed E-state index contributed by atoms with van der Waals surface area (Å²) in [4.78, 5) is 12.5. The molecular formula is C15H20N2OS. The molecule has 0 saturated heterocycles. The van der Waals surface area contributed by atoms with Crippen LogP contribution in [0.2, 0.25) is 0 Å². The zero-order valence-electron chi connectivity index (χ0n) is 11.1. The Morgan fingerprint density at radius 2 is 2.05 bits per heavy atom. The molecule has 0 bridgehead atoms. The predicted molar refractivity (Wildman–Crippen MR) is 80.8 cm³/mol. The van der Waals surface area contributed by atoms with Crippen LogP contribution in [0.4, 0.5) is 0 Å². The molecule has 1 aliphatic rings. The van der Waals surface area contributed by atoms with Crippen LogP contribution in [-0.4, -0.2) is 16.9 Å². The monoisotopic (exact) mass is 276 g/mol. The lowest BCUT2D eigenvalue weighted by molar-refractivity contribution is -0.124. The van der Waals surface area contributed by atoms with E-state index in [1.807, 2.05) is 30.3 Å². The van der Waals surface area contributed by atoms with Gasteiger partial charge in [0.15, 0.2) is 0 Å². The van der Waals surface area contributed by atoms with E-state index in [1.165, 1.54) is 0 Å². The first-order chi connectivity index (χ1) is 9.06. The molecule has 0 aromatic heterocycles. The molecule has 0 heterocycles. The number of hydrogen-bond donors (Lipinski definition) is 2. The number of amides is 1. The van der Waals surface area contributed by atoms with Crippen LogP contribution in [-0.2, 0) is 11.2 Å². The largest absolute Gasteiger partial charge is 0.393 e. The Hall–Kier alpha value is -1.42. The third-order valence-electron chi connectivity index (χ3n) is 3.66. The van der Waals surface area contributed by atoms with E-state index in [0.717, 1.165) is 18.4 Å². The Kier molecular flexibility index (Phi) is 4.53. The molecule has 1 atom stereocenters. The average molecular weight is 276 g/mol. The first-order valence-electron chi connectivity index (χ1n) is 6.70. The minimum atomic E-state index is -0.409. The first kappa shape index (κ1) is 14.0. The Morgan fingerprint density at radius 3 is 2.58 bits per heavy atom. The summed E-state index contributed by atoms with van der Waals surface area (Å²) in [6.07, 6.45) is 2.69. The van der Waals surface area contributed by atoms with Gasteiger partial charge in [-0.1, -0.05) is 49.5 Å². The summed E-state index contributed by atoms with van der Waals surface area (Å²) in [5.41, 5.74) is 6.80. The molecule has 1 unspecified atom stereocenters. The van der Waals surface area contributed by atoms with Crippen molar-refractivity contribution in [3.8, 4) is 0 Å². The Morgan fingerprint density at radius 1 is 1.42 bits per heavy atom. The van der Waals surface area contributed by atoms with Gasteiger partial charge in [-0.25, -0.2) is 0 Å². The highest BCUT2D eigenvalue weighted by Gasteiger charge is 2.30. The Balaban J connectivity index is 1.95. The van der Waals surface area contributed by atoms with Gasteiger partial charge in [-0.05, 0) is 30.7 Å². The van der Waals surface area contributed by atoms with Crippen molar-refractivity contribution in [2.45, 2.75) is 32.2 Å². The molecule has 0 spiro atoms. The second kappa shape index (κ2) is 6.15. The molecule has 0 aliphatic heterocycles. The normalized spacial score (nSPS) is 23.2. The molecular weight excluding hydrogens is 256 g/mol. The number of carbonyl (C=O) groups is 1. The predicted octanol–water partition coefficient (Wildman–Crippen LogP) is 2.05. The first-order valence-corrected chi connectivity index (χ1v) is 7.10. The second-order valence-electron chi connectivity index (χ2n) is 5.43. The quantitative estimate of drug-likeness (QED) is 0.809. The minimum Gasteiger partial charge on any atom is -0.393 e. The zero-order chi connectivity index (χ0) is 13.8. The fourth-order valence-electron chi connectivity index (χ4n) is 2.49. The lowest BCUT2D eigenvalue weighted by Gasteiger charge is -2.34. The number of nitrogens with two attached hydrogens (primary N) is 1. The summed E-state index contributed by atoms with van der Waals surface area (Å²) >= 11 is 5.04. The van der Waals surface area contributed by atoms with E-state index in [0.29, 0.717) is 18.4 Å². The second-order valence-corrected chi connectivity index (χ2v) is 5.90. The van der Waals surface area contributed by atoms with Crippen LogP contribution in [0.1, 0.15) is 25.3 Å². The van der Waals surface area contributed by atoms with E-state index in [9.17, 15) is 4.79 Å². The molecule has 1 aromatic rings. The van der Waals surface area contributed by atoms with Gasteiger partial charge in [0, 0.05) is 6.04 Å². The summed E-state index contributed by atoms with van der Waals surface area (Å²) in [6, 6.07) is 10.1. The van der Waals surface area contributed by atoms with Crippen molar-refractivity contribution in [3.63, 3.8) is 0 Å². The van der Waals surface area contributed by atoms with E-state index >= 15 is 0 Å². The summed E-state index contributed by atoms with van der Waals surface area (Å²) in [6.45, 7) is 2.19. The van der Waals surface area contributed by atoms with E-state index in [4.69, 9.17) is 18.0 Å². The molecule has 4 heteroatoms. The van der Waals surface area contributed by atoms with Gasteiger partial charge in [0.2, 0.25) is 5.91 Å². The highest BCUT2D eigenvalue weighted by Crippen LogP contribution is 2.26. The van der Waals surface area contributed by atoms with Gasteiger partial charge in [-0.3, -0.25) is 4.79 Å². The number of carbonyl (C=O) groups excluding carboxylic acids is 1. The lowest BCUT2D eigenvalue weighted by atomic mass is 9.81. The third kappa shape index (κ3) is 3.77. The summed E-state index contributed by atoms with van der Waals surface area (Å²) in [5, 5.41) is 3.04. The molecule has 2 rings (SSSR count). The van der Waals surface area contributed by atoms with Crippen LogP contribution in [0.3, 0.4) is 0 Å². The maximum absolute atomic E-state index is 12.2. The van der Waals surface area contributed by atoms with Crippen LogP contribution in [0.15, 0.2) is 30.3 Å². The number of hydrogen-bond acceptors (Lipinski definition) is 2. The van der Waals surface area contributed by atoms with Crippen molar-refractivity contribution in [2.24, 2.45) is 17.6 Å². The summed E-state index contributed by atoms with van der Waals surface area (Å²) < 4.78 is 0. The average Bonchev–Trinajstić information content (AvgIpc) is 2.35. The molecule has 102 valence electrons. The highest BCUT2D eigenvalue weighted by molar-refractivity contribution is 7.80. The van der Waals surface area contributed by atoms with Crippen molar-refractivity contribution in [2.75, 3.05) is 0 Å². The van der Waals surface area contributed by atoms with Crippen molar-refractivity contribution in [1.29, 1.82) is 0 Å². The number of thiocarbonyl (C=S) groups is 1.